The number of nitrogens with one attached hydrogen (secondary N) is 1. The highest BCUT2D eigenvalue weighted by atomic mass is 32.2. The topological polar surface area (TPSA) is 58.6 Å². The van der Waals surface area contributed by atoms with E-state index in [-0.39, 0.29) is 16.9 Å². The summed E-state index contributed by atoms with van der Waals surface area (Å²) in [6.45, 7) is 4.69. The largest absolute Gasteiger partial charge is 0.379 e. The zero-order valence-corrected chi connectivity index (χ0v) is 16.3. The summed E-state index contributed by atoms with van der Waals surface area (Å²) in [5.74, 6) is -0.124. The van der Waals surface area contributed by atoms with Gasteiger partial charge in [-0.1, -0.05) is 0 Å². The molecule has 1 unspecified atom stereocenters. The average molecular weight is 399 g/mol. The maximum Gasteiger partial charge on any atom is 0.232 e. The highest BCUT2D eigenvalue weighted by Gasteiger charge is 2.24. The molecule has 1 aliphatic rings. The third kappa shape index (κ3) is 5.46. The number of ether oxygens (including phenoxy) is 1. The van der Waals surface area contributed by atoms with Crippen molar-refractivity contribution in [3.8, 4) is 0 Å². The van der Waals surface area contributed by atoms with Crippen LogP contribution in [0.25, 0.3) is 0 Å². The maximum atomic E-state index is 12.8. The van der Waals surface area contributed by atoms with Crippen LogP contribution in [0.4, 0.5) is 0 Å². The van der Waals surface area contributed by atoms with Gasteiger partial charge in [0.2, 0.25) is 5.91 Å². The van der Waals surface area contributed by atoms with Gasteiger partial charge in [-0.15, -0.1) is 0 Å². The van der Waals surface area contributed by atoms with E-state index in [1.807, 2.05) is 33.7 Å². The number of thiophene rings is 2. The fraction of sp³-hybridized carbons (Fsp3) is 0.471. The van der Waals surface area contributed by atoms with E-state index in [1.54, 1.807) is 22.7 Å². The van der Waals surface area contributed by atoms with Gasteiger partial charge in [0.1, 0.15) is 5.75 Å². The van der Waals surface area contributed by atoms with Gasteiger partial charge in [0.15, 0.2) is 0 Å². The Kier molecular flexibility index (Phi) is 7.18. The van der Waals surface area contributed by atoms with E-state index in [0.29, 0.717) is 6.54 Å². The van der Waals surface area contributed by atoms with E-state index in [2.05, 4.69) is 10.2 Å². The van der Waals surface area contributed by atoms with Crippen LogP contribution in [0.15, 0.2) is 33.7 Å². The Bertz CT molecular complexity index is 633. The lowest BCUT2D eigenvalue weighted by molar-refractivity contribution is -0.118. The van der Waals surface area contributed by atoms with Crippen LogP contribution in [0.2, 0.25) is 0 Å². The molecule has 2 aromatic heterocycles. The van der Waals surface area contributed by atoms with Gasteiger partial charge < -0.3 is 10.1 Å². The molecule has 136 valence electrons. The molecule has 1 atom stereocenters. The fourth-order valence-corrected chi connectivity index (χ4v) is 5.76. The number of carbonyl (C=O) groups is 1. The number of nitrogens with zero attached hydrogens (tertiary/aromatic N) is 1. The first-order valence-corrected chi connectivity index (χ1v) is 11.5. The first-order chi connectivity index (χ1) is 12.2. The summed E-state index contributed by atoms with van der Waals surface area (Å²) in [6.07, 6.45) is 0. The van der Waals surface area contributed by atoms with Gasteiger partial charge >= 0.3 is 0 Å². The lowest BCUT2D eigenvalue weighted by Crippen LogP contribution is -2.42. The Morgan fingerprint density at radius 3 is 2.40 bits per heavy atom. The predicted octanol–water partition coefficient (Wildman–Crippen LogP) is 2.10. The SMILES string of the molecule is O=C(CS(=O)C(c1ccsc1)c1ccsc1)NCCN1CCOCC1. The van der Waals surface area contributed by atoms with Crippen LogP contribution >= 0.6 is 22.7 Å². The smallest absolute Gasteiger partial charge is 0.232 e. The summed E-state index contributed by atoms with van der Waals surface area (Å²) in [4.78, 5) is 14.5. The van der Waals surface area contributed by atoms with Crippen molar-refractivity contribution in [2.75, 3.05) is 45.1 Å². The number of morpholine rings is 1. The minimum atomic E-state index is -1.29. The van der Waals surface area contributed by atoms with E-state index in [9.17, 15) is 9.00 Å². The van der Waals surface area contributed by atoms with Crippen LogP contribution in [-0.2, 0) is 20.3 Å². The molecular weight excluding hydrogens is 376 g/mol. The highest BCUT2D eigenvalue weighted by Crippen LogP contribution is 2.31. The van der Waals surface area contributed by atoms with E-state index in [4.69, 9.17) is 4.74 Å². The van der Waals surface area contributed by atoms with Gasteiger partial charge in [-0.2, -0.15) is 22.7 Å². The molecule has 25 heavy (non-hydrogen) atoms. The summed E-state index contributed by atoms with van der Waals surface area (Å²) >= 11 is 3.17. The van der Waals surface area contributed by atoms with Crippen molar-refractivity contribution in [3.05, 3.63) is 44.8 Å². The summed E-state index contributed by atoms with van der Waals surface area (Å²) in [6, 6.07) is 3.97. The van der Waals surface area contributed by atoms with Gasteiger partial charge in [-0.05, 0) is 44.8 Å². The molecule has 1 fully saturated rings. The quantitative estimate of drug-likeness (QED) is 0.740. The van der Waals surface area contributed by atoms with Crippen LogP contribution < -0.4 is 5.32 Å². The van der Waals surface area contributed by atoms with E-state index < -0.39 is 10.8 Å². The normalized spacial score (nSPS) is 16.8. The van der Waals surface area contributed by atoms with Crippen molar-refractivity contribution in [3.63, 3.8) is 0 Å². The second-order valence-corrected chi connectivity index (χ2v) is 8.90. The van der Waals surface area contributed by atoms with Crippen molar-refractivity contribution in [2.45, 2.75) is 5.25 Å². The molecule has 0 aromatic carbocycles. The first kappa shape index (κ1) is 18.7. The zero-order valence-electron chi connectivity index (χ0n) is 13.9. The van der Waals surface area contributed by atoms with Gasteiger partial charge in [0.25, 0.3) is 0 Å². The molecule has 1 aliphatic heterocycles. The van der Waals surface area contributed by atoms with Crippen molar-refractivity contribution >= 4 is 39.4 Å². The molecule has 0 spiro atoms. The molecule has 1 amide bonds. The Labute approximate surface area is 158 Å². The molecule has 2 aromatic rings. The monoisotopic (exact) mass is 398 g/mol. The van der Waals surface area contributed by atoms with Crippen molar-refractivity contribution in [1.29, 1.82) is 0 Å². The van der Waals surface area contributed by atoms with Crippen LogP contribution in [0.5, 0.6) is 0 Å². The molecule has 0 bridgehead atoms. The minimum Gasteiger partial charge on any atom is -0.379 e. The number of rotatable bonds is 8. The zero-order chi connectivity index (χ0) is 17.5. The average Bonchev–Trinajstić information content (AvgIpc) is 3.30. The molecule has 3 heterocycles. The highest BCUT2D eigenvalue weighted by molar-refractivity contribution is 7.86. The van der Waals surface area contributed by atoms with E-state index in [0.717, 1.165) is 44.0 Å². The Balaban J connectivity index is 1.51. The van der Waals surface area contributed by atoms with Crippen molar-refractivity contribution < 1.29 is 13.7 Å². The summed E-state index contributed by atoms with van der Waals surface area (Å²) in [7, 11) is -1.29. The molecule has 5 nitrogen and oxygen atoms in total. The predicted molar refractivity (Wildman–Crippen MR) is 104 cm³/mol. The van der Waals surface area contributed by atoms with E-state index in [1.165, 1.54) is 0 Å². The second kappa shape index (κ2) is 9.59. The Hall–Kier alpha value is -1.06. The maximum absolute atomic E-state index is 12.8. The lowest BCUT2D eigenvalue weighted by atomic mass is 10.1. The standard InChI is InChI=1S/C17H22N2O3S3/c20-16(18-3-4-19-5-7-22-8-6-19)13-25(21)17(14-1-9-23-11-14)15-2-10-24-12-15/h1-2,9-12,17H,3-8,13H2,(H,18,20). The van der Waals surface area contributed by atoms with Crippen molar-refractivity contribution in [2.24, 2.45) is 0 Å². The van der Waals surface area contributed by atoms with Crippen molar-refractivity contribution in [1.82, 2.24) is 10.2 Å². The Morgan fingerprint density at radius 2 is 1.84 bits per heavy atom. The first-order valence-electron chi connectivity index (χ1n) is 8.22. The summed E-state index contributed by atoms with van der Waals surface area (Å²) in [5, 5.41) is 10.6. The minimum absolute atomic E-state index is 0.0273. The van der Waals surface area contributed by atoms with Gasteiger partial charge in [-0.25, -0.2) is 0 Å². The molecule has 0 aliphatic carbocycles. The molecule has 0 saturated carbocycles. The molecule has 0 radical (unpaired) electrons. The molecular formula is C17H22N2O3S3. The van der Waals surface area contributed by atoms with E-state index >= 15 is 0 Å². The van der Waals surface area contributed by atoms with Gasteiger partial charge in [-0.3, -0.25) is 13.9 Å². The summed E-state index contributed by atoms with van der Waals surface area (Å²) in [5.41, 5.74) is 2.03. The fourth-order valence-electron chi connectivity index (χ4n) is 2.79. The number of hydrogen-bond acceptors (Lipinski definition) is 6. The molecule has 1 N–H and O–H groups in total. The third-order valence-corrected chi connectivity index (χ3v) is 7.10. The molecule has 3 rings (SSSR count). The van der Waals surface area contributed by atoms with Crippen LogP contribution in [0, 0.1) is 0 Å². The molecule has 1 saturated heterocycles. The summed E-state index contributed by atoms with van der Waals surface area (Å²) < 4.78 is 18.2. The van der Waals surface area contributed by atoms with Gasteiger partial charge in [0, 0.05) is 37.0 Å². The third-order valence-electron chi connectivity index (χ3n) is 4.08. The number of hydrogen-bond donors (Lipinski definition) is 1. The number of amides is 1. The Morgan fingerprint density at radius 1 is 1.20 bits per heavy atom. The van der Waals surface area contributed by atoms with Crippen LogP contribution in [-0.4, -0.2) is 60.2 Å². The number of carbonyl (C=O) groups excluding carboxylic acids is 1. The van der Waals surface area contributed by atoms with Gasteiger partial charge in [0.05, 0.1) is 18.5 Å². The van der Waals surface area contributed by atoms with Crippen LogP contribution in [0.3, 0.4) is 0 Å². The second-order valence-electron chi connectivity index (χ2n) is 5.82. The molecule has 8 heteroatoms. The lowest BCUT2D eigenvalue weighted by Gasteiger charge is -2.26. The van der Waals surface area contributed by atoms with Crippen LogP contribution in [0.1, 0.15) is 16.4 Å².